The summed E-state index contributed by atoms with van der Waals surface area (Å²) in [5.74, 6) is 1.08. The molecule has 0 aromatic rings. The van der Waals surface area contributed by atoms with Gasteiger partial charge in [0.2, 0.25) is 5.91 Å². The highest BCUT2D eigenvalue weighted by atomic mass is 16.1. The smallest absolute Gasteiger partial charge is 0.220 e. The molecule has 0 saturated heterocycles. The van der Waals surface area contributed by atoms with E-state index in [1.165, 1.54) is 0 Å². The van der Waals surface area contributed by atoms with Crippen LogP contribution in [0.15, 0.2) is 0 Å². The van der Waals surface area contributed by atoms with E-state index in [1.807, 2.05) is 0 Å². The lowest BCUT2D eigenvalue weighted by Gasteiger charge is -2.34. The monoisotopic (exact) mass is 213 g/mol. The van der Waals surface area contributed by atoms with Gasteiger partial charge in [-0.25, -0.2) is 0 Å². The summed E-state index contributed by atoms with van der Waals surface area (Å²) in [6.45, 7) is 15.0. The molecule has 2 heteroatoms. The highest BCUT2D eigenvalue weighted by molar-refractivity contribution is 5.76. The lowest BCUT2D eigenvalue weighted by molar-refractivity contribution is -0.123. The highest BCUT2D eigenvalue weighted by Crippen LogP contribution is 2.25. The minimum Gasteiger partial charge on any atom is -0.353 e. The molecule has 1 unspecified atom stereocenters. The van der Waals surface area contributed by atoms with Crippen LogP contribution in [0.25, 0.3) is 0 Å². The summed E-state index contributed by atoms with van der Waals surface area (Å²) in [5, 5.41) is 3.15. The molecule has 0 aliphatic rings. The van der Waals surface area contributed by atoms with Gasteiger partial charge in [-0.1, -0.05) is 48.5 Å². The Kier molecular flexibility index (Phi) is 5.33. The fourth-order valence-corrected chi connectivity index (χ4v) is 1.99. The minimum absolute atomic E-state index is 0.126. The summed E-state index contributed by atoms with van der Waals surface area (Å²) in [6, 6.07) is 0.253. The van der Waals surface area contributed by atoms with Crippen LogP contribution in [0.5, 0.6) is 0 Å². The van der Waals surface area contributed by atoms with Crippen LogP contribution < -0.4 is 5.32 Å². The Hall–Kier alpha value is -0.530. The van der Waals surface area contributed by atoms with E-state index in [9.17, 15) is 4.79 Å². The van der Waals surface area contributed by atoms with Crippen molar-refractivity contribution < 1.29 is 4.79 Å². The zero-order valence-corrected chi connectivity index (χ0v) is 11.3. The third kappa shape index (κ3) is 5.81. The van der Waals surface area contributed by atoms with Crippen molar-refractivity contribution in [1.29, 1.82) is 0 Å². The van der Waals surface area contributed by atoms with Gasteiger partial charge in [-0.3, -0.25) is 4.79 Å². The third-order valence-corrected chi connectivity index (χ3v) is 2.51. The molecule has 0 rings (SSSR count). The number of hydrogen-bond donors (Lipinski definition) is 1. The molecule has 1 N–H and O–H groups in total. The lowest BCUT2D eigenvalue weighted by atomic mass is 9.80. The maximum absolute atomic E-state index is 11.7. The standard InChI is InChI=1S/C13H27NO/c1-9(2)8-11(15)14-12(10(3)4)13(5,6)7/h9-10,12H,8H2,1-7H3,(H,14,15). The Morgan fingerprint density at radius 3 is 1.87 bits per heavy atom. The molecule has 0 fully saturated rings. The van der Waals surface area contributed by atoms with E-state index >= 15 is 0 Å². The Bertz CT molecular complexity index is 201. The van der Waals surface area contributed by atoms with Crippen molar-refractivity contribution in [2.75, 3.05) is 0 Å². The van der Waals surface area contributed by atoms with Crippen molar-refractivity contribution in [1.82, 2.24) is 5.32 Å². The predicted molar refractivity (Wildman–Crippen MR) is 65.7 cm³/mol. The largest absolute Gasteiger partial charge is 0.353 e. The van der Waals surface area contributed by atoms with E-state index in [0.717, 1.165) is 0 Å². The van der Waals surface area contributed by atoms with Gasteiger partial charge >= 0.3 is 0 Å². The number of rotatable bonds is 4. The first-order chi connectivity index (χ1) is 6.64. The molecule has 1 amide bonds. The number of carbonyl (C=O) groups is 1. The van der Waals surface area contributed by atoms with Crippen molar-refractivity contribution in [2.24, 2.45) is 17.3 Å². The molecule has 0 bridgehead atoms. The zero-order valence-electron chi connectivity index (χ0n) is 11.3. The molecule has 2 nitrogen and oxygen atoms in total. The Morgan fingerprint density at radius 2 is 1.60 bits per heavy atom. The summed E-state index contributed by atoms with van der Waals surface area (Å²) in [6.07, 6.45) is 0.624. The molecule has 0 heterocycles. The van der Waals surface area contributed by atoms with Crippen molar-refractivity contribution >= 4 is 5.91 Å². The van der Waals surface area contributed by atoms with Crippen molar-refractivity contribution in [3.05, 3.63) is 0 Å². The van der Waals surface area contributed by atoms with Crippen molar-refractivity contribution in [2.45, 2.75) is 60.9 Å². The first-order valence-electron chi connectivity index (χ1n) is 5.94. The van der Waals surface area contributed by atoms with Crippen LogP contribution in [0.3, 0.4) is 0 Å². The summed E-state index contributed by atoms with van der Waals surface area (Å²) < 4.78 is 0. The lowest BCUT2D eigenvalue weighted by Crippen LogP contribution is -2.47. The fourth-order valence-electron chi connectivity index (χ4n) is 1.99. The number of hydrogen-bond acceptors (Lipinski definition) is 1. The van der Waals surface area contributed by atoms with Crippen LogP contribution in [0.4, 0.5) is 0 Å². The molecule has 0 aliphatic carbocycles. The van der Waals surface area contributed by atoms with E-state index in [0.29, 0.717) is 18.3 Å². The maximum Gasteiger partial charge on any atom is 0.220 e. The second-order valence-electron chi connectivity index (χ2n) is 6.25. The first-order valence-corrected chi connectivity index (χ1v) is 5.94. The summed E-state index contributed by atoms with van der Waals surface area (Å²) in [5.41, 5.74) is 0.126. The van der Waals surface area contributed by atoms with Gasteiger partial charge in [0.15, 0.2) is 0 Å². The van der Waals surface area contributed by atoms with Gasteiger partial charge in [0.05, 0.1) is 0 Å². The van der Waals surface area contributed by atoms with E-state index in [4.69, 9.17) is 0 Å². The predicted octanol–water partition coefficient (Wildman–Crippen LogP) is 3.22. The Morgan fingerprint density at radius 1 is 1.13 bits per heavy atom. The summed E-state index contributed by atoms with van der Waals surface area (Å²) >= 11 is 0. The third-order valence-electron chi connectivity index (χ3n) is 2.51. The van der Waals surface area contributed by atoms with E-state index in [-0.39, 0.29) is 17.4 Å². The van der Waals surface area contributed by atoms with Gasteiger partial charge in [0.1, 0.15) is 0 Å². The van der Waals surface area contributed by atoms with E-state index in [1.54, 1.807) is 0 Å². The van der Waals surface area contributed by atoms with Gasteiger partial charge in [0.25, 0.3) is 0 Å². The first kappa shape index (κ1) is 14.5. The van der Waals surface area contributed by atoms with E-state index in [2.05, 4.69) is 53.8 Å². The van der Waals surface area contributed by atoms with E-state index < -0.39 is 0 Å². The normalized spacial score (nSPS) is 14.5. The zero-order chi connectivity index (χ0) is 12.2. The molecule has 0 aliphatic heterocycles. The van der Waals surface area contributed by atoms with Gasteiger partial charge in [0, 0.05) is 12.5 Å². The SMILES string of the molecule is CC(C)CC(=O)NC(C(C)C)C(C)(C)C. The summed E-state index contributed by atoms with van der Waals surface area (Å²) in [4.78, 5) is 11.7. The van der Waals surface area contributed by atoms with Crippen molar-refractivity contribution in [3.63, 3.8) is 0 Å². The molecule has 1 atom stereocenters. The van der Waals surface area contributed by atoms with Crippen LogP contribution in [-0.4, -0.2) is 11.9 Å². The fraction of sp³-hybridized carbons (Fsp3) is 0.923. The quantitative estimate of drug-likeness (QED) is 0.763. The topological polar surface area (TPSA) is 29.1 Å². The van der Waals surface area contributed by atoms with Crippen LogP contribution in [0, 0.1) is 17.3 Å². The summed E-state index contributed by atoms with van der Waals surface area (Å²) in [7, 11) is 0. The molecule has 0 radical (unpaired) electrons. The molecule has 15 heavy (non-hydrogen) atoms. The molecule has 0 aromatic heterocycles. The van der Waals surface area contributed by atoms with Gasteiger partial charge in [-0.15, -0.1) is 0 Å². The van der Waals surface area contributed by atoms with Gasteiger partial charge < -0.3 is 5.32 Å². The average Bonchev–Trinajstić information content (AvgIpc) is 1.95. The molecular formula is C13H27NO. The maximum atomic E-state index is 11.7. The number of carbonyl (C=O) groups excluding carboxylic acids is 1. The molecule has 0 aromatic carbocycles. The number of nitrogens with one attached hydrogen (secondary N) is 1. The second kappa shape index (κ2) is 5.53. The number of amides is 1. The van der Waals surface area contributed by atoms with Crippen LogP contribution in [0.2, 0.25) is 0 Å². The van der Waals surface area contributed by atoms with Crippen LogP contribution >= 0.6 is 0 Å². The molecule has 0 saturated carbocycles. The van der Waals surface area contributed by atoms with Crippen LogP contribution in [-0.2, 0) is 4.79 Å². The minimum atomic E-state index is 0.126. The average molecular weight is 213 g/mol. The highest BCUT2D eigenvalue weighted by Gasteiger charge is 2.28. The second-order valence-corrected chi connectivity index (χ2v) is 6.25. The van der Waals surface area contributed by atoms with Crippen LogP contribution in [0.1, 0.15) is 54.9 Å². The Labute approximate surface area is 94.8 Å². The van der Waals surface area contributed by atoms with Gasteiger partial charge in [-0.05, 0) is 17.3 Å². The van der Waals surface area contributed by atoms with Crippen molar-refractivity contribution in [3.8, 4) is 0 Å². The Balaban J connectivity index is 4.37. The van der Waals surface area contributed by atoms with Gasteiger partial charge in [-0.2, -0.15) is 0 Å². The molecular weight excluding hydrogens is 186 g/mol. The molecule has 90 valence electrons. The molecule has 0 spiro atoms.